The van der Waals surface area contributed by atoms with Gasteiger partial charge in [-0.05, 0) is 23.3 Å². The smallest absolute Gasteiger partial charge is 0.290 e. The van der Waals surface area contributed by atoms with Gasteiger partial charge >= 0.3 is 0 Å². The van der Waals surface area contributed by atoms with Crippen LogP contribution in [-0.2, 0) is 17.8 Å². The third-order valence-electron chi connectivity index (χ3n) is 4.36. The average Bonchev–Trinajstić information content (AvgIpc) is 3.19. The zero-order valence-electron chi connectivity index (χ0n) is 14.4. The van der Waals surface area contributed by atoms with E-state index in [1.807, 2.05) is 24.3 Å². The van der Waals surface area contributed by atoms with E-state index in [9.17, 15) is 18.4 Å². The van der Waals surface area contributed by atoms with E-state index in [0.29, 0.717) is 0 Å². The molecule has 27 heavy (non-hydrogen) atoms. The van der Waals surface area contributed by atoms with E-state index in [4.69, 9.17) is 10.2 Å². The Morgan fingerprint density at radius 2 is 1.93 bits per heavy atom. The molecule has 0 bridgehead atoms. The summed E-state index contributed by atoms with van der Waals surface area (Å²) in [6, 6.07) is 9.57. The molecule has 6 nitrogen and oxygen atoms in total. The highest BCUT2D eigenvalue weighted by atomic mass is 35.5. The normalized spacial score (nSPS) is 16.3. The van der Waals surface area contributed by atoms with E-state index >= 15 is 0 Å². The zero-order chi connectivity index (χ0) is 18.7. The zero-order valence-corrected chi connectivity index (χ0v) is 15.2. The summed E-state index contributed by atoms with van der Waals surface area (Å²) in [5.74, 6) is -4.21. The van der Waals surface area contributed by atoms with Crippen molar-refractivity contribution in [3.63, 3.8) is 0 Å². The molecule has 1 aliphatic rings. The van der Waals surface area contributed by atoms with Gasteiger partial charge in [-0.25, -0.2) is 8.78 Å². The molecule has 2 heterocycles. The van der Waals surface area contributed by atoms with Crippen LogP contribution >= 0.6 is 12.4 Å². The minimum atomic E-state index is -3.20. The van der Waals surface area contributed by atoms with Crippen molar-refractivity contribution >= 4 is 24.2 Å². The number of amides is 2. The van der Waals surface area contributed by atoms with Crippen LogP contribution in [0, 0.1) is 0 Å². The molecule has 1 aliphatic heterocycles. The predicted molar refractivity (Wildman–Crippen MR) is 96.8 cm³/mol. The molecule has 0 radical (unpaired) electrons. The summed E-state index contributed by atoms with van der Waals surface area (Å²) in [5.41, 5.74) is 6.81. The number of nitrogens with zero attached hydrogens (tertiary/aromatic N) is 1. The molecular weight excluding hydrogens is 380 g/mol. The minimum Gasteiger partial charge on any atom is -0.459 e. The lowest BCUT2D eigenvalue weighted by Gasteiger charge is -2.35. The van der Waals surface area contributed by atoms with Crippen LogP contribution < -0.4 is 11.1 Å². The Bertz CT molecular complexity index is 799. The molecule has 3 N–H and O–H groups in total. The highest BCUT2D eigenvalue weighted by molar-refractivity contribution is 5.96. The van der Waals surface area contributed by atoms with Gasteiger partial charge in [0.2, 0.25) is 5.91 Å². The van der Waals surface area contributed by atoms with Crippen molar-refractivity contribution in [3.05, 3.63) is 59.5 Å². The number of halogens is 3. The second kappa shape index (κ2) is 8.49. The quantitative estimate of drug-likeness (QED) is 0.804. The lowest BCUT2D eigenvalue weighted by atomic mass is 9.93. The number of carbonyl (C=O) groups excluding carboxylic acids is 2. The molecule has 1 aromatic carbocycles. The highest BCUT2D eigenvalue weighted by Gasteiger charge is 2.37. The third kappa shape index (κ3) is 4.64. The van der Waals surface area contributed by atoms with Crippen LogP contribution in [0.1, 0.15) is 21.7 Å². The molecule has 0 spiro atoms. The van der Waals surface area contributed by atoms with Crippen LogP contribution in [0.5, 0.6) is 0 Å². The SMILES string of the molecule is Cl.NCC(F)(F)CNC(=O)C1Cc2ccccc2CN1C(=O)c1ccco1. The first-order valence-electron chi connectivity index (χ1n) is 8.18. The lowest BCUT2D eigenvalue weighted by Crippen LogP contribution is -2.54. The van der Waals surface area contributed by atoms with Gasteiger partial charge in [0.25, 0.3) is 11.8 Å². The Morgan fingerprint density at radius 3 is 2.56 bits per heavy atom. The molecule has 1 unspecified atom stereocenters. The maximum absolute atomic E-state index is 13.4. The molecule has 3 rings (SSSR count). The predicted octanol–water partition coefficient (Wildman–Crippen LogP) is 1.98. The fourth-order valence-corrected chi connectivity index (χ4v) is 2.92. The molecule has 0 fully saturated rings. The van der Waals surface area contributed by atoms with Crippen LogP contribution in [0.4, 0.5) is 8.78 Å². The molecule has 0 saturated heterocycles. The first-order chi connectivity index (χ1) is 12.4. The fourth-order valence-electron chi connectivity index (χ4n) is 2.92. The molecule has 0 saturated carbocycles. The van der Waals surface area contributed by atoms with Crippen LogP contribution in [0.2, 0.25) is 0 Å². The number of nitrogens with two attached hydrogens (primary N) is 1. The Hall–Kier alpha value is -2.45. The lowest BCUT2D eigenvalue weighted by molar-refractivity contribution is -0.128. The van der Waals surface area contributed by atoms with Gasteiger partial charge in [-0.3, -0.25) is 9.59 Å². The van der Waals surface area contributed by atoms with Gasteiger partial charge in [0.1, 0.15) is 6.04 Å². The second-order valence-electron chi connectivity index (χ2n) is 6.18. The van der Waals surface area contributed by atoms with Crippen molar-refractivity contribution in [1.29, 1.82) is 0 Å². The van der Waals surface area contributed by atoms with E-state index in [1.165, 1.54) is 17.2 Å². The third-order valence-corrected chi connectivity index (χ3v) is 4.36. The minimum absolute atomic E-state index is 0. The van der Waals surface area contributed by atoms with Crippen molar-refractivity contribution in [2.24, 2.45) is 5.73 Å². The monoisotopic (exact) mass is 399 g/mol. The molecule has 146 valence electrons. The number of alkyl halides is 2. The summed E-state index contributed by atoms with van der Waals surface area (Å²) < 4.78 is 31.9. The van der Waals surface area contributed by atoms with Crippen molar-refractivity contribution in [1.82, 2.24) is 10.2 Å². The number of nitrogens with one attached hydrogen (secondary N) is 1. The summed E-state index contributed by atoms with van der Waals surface area (Å²) in [6.45, 7) is -1.54. The van der Waals surface area contributed by atoms with Crippen LogP contribution in [0.25, 0.3) is 0 Å². The molecule has 1 atom stereocenters. The standard InChI is InChI=1S/C18H19F2N3O3.ClH/c19-18(20,10-21)11-22-16(24)14-8-12-4-1-2-5-13(12)9-23(14)17(25)15-6-3-7-26-15;/h1-7,14H,8-11,21H2,(H,22,24);1H. The number of carbonyl (C=O) groups is 2. The maximum atomic E-state index is 13.4. The number of rotatable bonds is 5. The van der Waals surface area contributed by atoms with Crippen LogP contribution in [0.15, 0.2) is 47.1 Å². The molecule has 1 aromatic heterocycles. The van der Waals surface area contributed by atoms with Gasteiger partial charge in [0, 0.05) is 13.0 Å². The summed E-state index contributed by atoms with van der Waals surface area (Å²) >= 11 is 0. The van der Waals surface area contributed by atoms with E-state index in [0.717, 1.165) is 11.1 Å². The number of benzene rings is 1. The number of fused-ring (bicyclic) bond motifs is 1. The summed E-state index contributed by atoms with van der Waals surface area (Å²) in [7, 11) is 0. The fraction of sp³-hybridized carbons (Fsp3) is 0.333. The van der Waals surface area contributed by atoms with Crippen molar-refractivity contribution in [2.75, 3.05) is 13.1 Å². The van der Waals surface area contributed by atoms with Gasteiger partial charge in [-0.15, -0.1) is 12.4 Å². The van der Waals surface area contributed by atoms with Crippen LogP contribution in [0.3, 0.4) is 0 Å². The number of hydrogen-bond acceptors (Lipinski definition) is 4. The van der Waals surface area contributed by atoms with Gasteiger partial charge in [0.05, 0.1) is 19.4 Å². The van der Waals surface area contributed by atoms with E-state index < -0.39 is 36.9 Å². The maximum Gasteiger partial charge on any atom is 0.290 e. The van der Waals surface area contributed by atoms with Gasteiger partial charge in [-0.2, -0.15) is 0 Å². The molecule has 9 heteroatoms. The Balaban J connectivity index is 0.00000261. The molecule has 2 amide bonds. The average molecular weight is 400 g/mol. The van der Waals surface area contributed by atoms with Gasteiger partial charge < -0.3 is 20.4 Å². The Morgan fingerprint density at radius 1 is 1.22 bits per heavy atom. The summed E-state index contributed by atoms with van der Waals surface area (Å²) in [6.07, 6.45) is 1.60. The van der Waals surface area contributed by atoms with Crippen molar-refractivity contribution in [3.8, 4) is 0 Å². The molecule has 2 aromatic rings. The van der Waals surface area contributed by atoms with Crippen LogP contribution in [-0.4, -0.2) is 41.8 Å². The second-order valence-corrected chi connectivity index (χ2v) is 6.18. The van der Waals surface area contributed by atoms with E-state index in [-0.39, 0.29) is 31.1 Å². The number of hydrogen-bond donors (Lipinski definition) is 2. The molecular formula is C18H20ClF2N3O3. The largest absolute Gasteiger partial charge is 0.459 e. The summed E-state index contributed by atoms with van der Waals surface area (Å²) in [5, 5.41) is 2.21. The Labute approximate surface area is 161 Å². The first kappa shape index (κ1) is 20.9. The summed E-state index contributed by atoms with van der Waals surface area (Å²) in [4.78, 5) is 26.6. The molecule has 0 aliphatic carbocycles. The first-order valence-corrected chi connectivity index (χ1v) is 8.18. The van der Waals surface area contributed by atoms with E-state index in [2.05, 4.69) is 5.32 Å². The highest BCUT2D eigenvalue weighted by Crippen LogP contribution is 2.25. The van der Waals surface area contributed by atoms with Gasteiger partial charge in [-0.1, -0.05) is 24.3 Å². The topological polar surface area (TPSA) is 88.6 Å². The van der Waals surface area contributed by atoms with Crippen molar-refractivity contribution in [2.45, 2.75) is 24.9 Å². The van der Waals surface area contributed by atoms with E-state index in [1.54, 1.807) is 6.07 Å². The Kier molecular flexibility index (Phi) is 6.56. The van der Waals surface area contributed by atoms with Gasteiger partial charge in [0.15, 0.2) is 5.76 Å². The van der Waals surface area contributed by atoms with Crippen molar-refractivity contribution < 1.29 is 22.8 Å². The number of furan rings is 1.